The van der Waals surface area contributed by atoms with E-state index in [4.69, 9.17) is 5.73 Å². The Kier molecular flexibility index (Phi) is 3.78. The third kappa shape index (κ3) is 3.67. The molecule has 0 aliphatic rings. The molecule has 0 spiro atoms. The minimum atomic E-state index is -3.33. The van der Waals surface area contributed by atoms with Gasteiger partial charge in [-0.2, -0.15) is 5.10 Å². The van der Waals surface area contributed by atoms with Gasteiger partial charge in [-0.05, 0) is 25.1 Å². The standard InChI is InChI=1S/C7H12N4O2S/c8-4-2-6-14(12,13)11-7-3-1-5-9-10-7/h1,3,5H,2,4,6,8H2,(H,10,11). The summed E-state index contributed by atoms with van der Waals surface area (Å²) in [5, 5.41) is 7.15. The van der Waals surface area contributed by atoms with Crippen molar-refractivity contribution >= 4 is 15.8 Å². The Bertz CT molecular complexity index is 365. The van der Waals surface area contributed by atoms with Crippen LogP contribution in [0.25, 0.3) is 0 Å². The molecule has 0 aromatic carbocycles. The molecule has 1 aromatic heterocycles. The molecule has 1 aromatic rings. The van der Waals surface area contributed by atoms with E-state index in [0.717, 1.165) is 0 Å². The van der Waals surface area contributed by atoms with E-state index in [1.165, 1.54) is 12.3 Å². The average Bonchev–Trinajstić information content (AvgIpc) is 2.16. The van der Waals surface area contributed by atoms with E-state index in [0.29, 0.717) is 13.0 Å². The fourth-order valence-corrected chi connectivity index (χ4v) is 1.92. The van der Waals surface area contributed by atoms with Gasteiger partial charge in [0.05, 0.1) is 5.75 Å². The van der Waals surface area contributed by atoms with Crippen molar-refractivity contribution in [3.8, 4) is 0 Å². The van der Waals surface area contributed by atoms with Gasteiger partial charge >= 0.3 is 0 Å². The zero-order valence-electron chi connectivity index (χ0n) is 7.55. The monoisotopic (exact) mass is 216 g/mol. The van der Waals surface area contributed by atoms with Gasteiger partial charge in [-0.3, -0.25) is 4.72 Å². The van der Waals surface area contributed by atoms with Gasteiger partial charge in [-0.1, -0.05) is 0 Å². The summed E-state index contributed by atoms with van der Waals surface area (Å²) in [5.74, 6) is 0.226. The molecule has 0 aliphatic carbocycles. The number of nitrogens with zero attached hydrogens (tertiary/aromatic N) is 2. The largest absolute Gasteiger partial charge is 0.330 e. The molecule has 0 unspecified atom stereocenters. The second-order valence-electron chi connectivity index (χ2n) is 2.67. The van der Waals surface area contributed by atoms with Crippen LogP contribution in [0.4, 0.5) is 5.82 Å². The van der Waals surface area contributed by atoms with Gasteiger partial charge in [0.25, 0.3) is 0 Å². The fraction of sp³-hybridized carbons (Fsp3) is 0.429. The van der Waals surface area contributed by atoms with E-state index in [1.54, 1.807) is 6.07 Å². The van der Waals surface area contributed by atoms with Gasteiger partial charge in [-0.25, -0.2) is 8.42 Å². The minimum Gasteiger partial charge on any atom is -0.330 e. The molecule has 6 nitrogen and oxygen atoms in total. The second-order valence-corrected chi connectivity index (χ2v) is 4.51. The Balaban J connectivity index is 2.60. The minimum absolute atomic E-state index is 0.0000737. The van der Waals surface area contributed by atoms with Gasteiger partial charge in [-0.15, -0.1) is 5.10 Å². The van der Waals surface area contributed by atoms with Gasteiger partial charge in [0, 0.05) is 6.20 Å². The highest BCUT2D eigenvalue weighted by molar-refractivity contribution is 7.92. The summed E-state index contributed by atoms with van der Waals surface area (Å²) in [6.07, 6.45) is 1.90. The van der Waals surface area contributed by atoms with Crippen molar-refractivity contribution in [1.82, 2.24) is 10.2 Å². The first-order valence-corrected chi connectivity index (χ1v) is 5.77. The van der Waals surface area contributed by atoms with Crippen LogP contribution in [0, 0.1) is 0 Å². The summed E-state index contributed by atoms with van der Waals surface area (Å²) >= 11 is 0. The topological polar surface area (TPSA) is 98.0 Å². The normalized spacial score (nSPS) is 11.2. The molecule has 7 heteroatoms. The zero-order chi connectivity index (χ0) is 10.4. The zero-order valence-corrected chi connectivity index (χ0v) is 8.37. The molecule has 0 saturated heterocycles. The molecule has 0 amide bonds. The molecule has 0 saturated carbocycles. The van der Waals surface area contributed by atoms with Crippen LogP contribution >= 0.6 is 0 Å². The fourth-order valence-electron chi connectivity index (χ4n) is 0.840. The lowest BCUT2D eigenvalue weighted by Crippen LogP contribution is -2.19. The number of sulfonamides is 1. The lowest BCUT2D eigenvalue weighted by molar-refractivity contribution is 0.598. The number of rotatable bonds is 5. The van der Waals surface area contributed by atoms with E-state index in [9.17, 15) is 8.42 Å². The number of nitrogens with one attached hydrogen (secondary N) is 1. The van der Waals surface area contributed by atoms with Crippen molar-refractivity contribution in [2.75, 3.05) is 17.0 Å². The molecular weight excluding hydrogens is 204 g/mol. The number of hydrogen-bond donors (Lipinski definition) is 2. The predicted octanol–water partition coefficient (Wildman–Crippen LogP) is -0.433. The highest BCUT2D eigenvalue weighted by atomic mass is 32.2. The van der Waals surface area contributed by atoms with Crippen molar-refractivity contribution in [2.45, 2.75) is 6.42 Å². The van der Waals surface area contributed by atoms with Crippen LogP contribution in [0.5, 0.6) is 0 Å². The summed E-state index contributed by atoms with van der Waals surface area (Å²) in [5.41, 5.74) is 5.21. The van der Waals surface area contributed by atoms with Crippen LogP contribution in [0.2, 0.25) is 0 Å². The Morgan fingerprint density at radius 3 is 2.86 bits per heavy atom. The van der Waals surface area contributed by atoms with Crippen molar-refractivity contribution in [2.24, 2.45) is 5.73 Å². The highest BCUT2D eigenvalue weighted by Crippen LogP contribution is 2.02. The van der Waals surface area contributed by atoms with E-state index >= 15 is 0 Å². The lowest BCUT2D eigenvalue weighted by Gasteiger charge is -2.04. The van der Waals surface area contributed by atoms with Crippen molar-refractivity contribution in [3.63, 3.8) is 0 Å². The lowest BCUT2D eigenvalue weighted by atomic mass is 10.5. The summed E-state index contributed by atoms with van der Waals surface area (Å²) in [6, 6.07) is 3.14. The van der Waals surface area contributed by atoms with E-state index in [-0.39, 0.29) is 11.6 Å². The molecule has 1 rings (SSSR count). The highest BCUT2D eigenvalue weighted by Gasteiger charge is 2.09. The predicted molar refractivity (Wildman–Crippen MR) is 53.1 cm³/mol. The molecule has 78 valence electrons. The third-order valence-electron chi connectivity index (χ3n) is 1.45. The number of nitrogens with two attached hydrogens (primary N) is 1. The maximum absolute atomic E-state index is 11.3. The van der Waals surface area contributed by atoms with E-state index < -0.39 is 10.0 Å². The van der Waals surface area contributed by atoms with Crippen LogP contribution in [0.15, 0.2) is 18.3 Å². The van der Waals surface area contributed by atoms with Crippen LogP contribution in [0.3, 0.4) is 0 Å². The molecule has 0 radical (unpaired) electrons. The van der Waals surface area contributed by atoms with Crippen LogP contribution in [-0.2, 0) is 10.0 Å². The first kappa shape index (κ1) is 10.9. The molecule has 0 aliphatic heterocycles. The average molecular weight is 216 g/mol. The summed E-state index contributed by atoms with van der Waals surface area (Å²) in [6.45, 7) is 0.349. The van der Waals surface area contributed by atoms with E-state index in [1.807, 2.05) is 0 Å². The maximum atomic E-state index is 11.3. The van der Waals surface area contributed by atoms with Gasteiger partial charge < -0.3 is 5.73 Å². The molecule has 0 atom stereocenters. The molecule has 1 heterocycles. The maximum Gasteiger partial charge on any atom is 0.233 e. The number of aromatic nitrogens is 2. The Morgan fingerprint density at radius 1 is 1.50 bits per heavy atom. The molecule has 3 N–H and O–H groups in total. The van der Waals surface area contributed by atoms with Crippen molar-refractivity contribution < 1.29 is 8.42 Å². The molecule has 0 fully saturated rings. The summed E-state index contributed by atoms with van der Waals surface area (Å²) in [4.78, 5) is 0. The summed E-state index contributed by atoms with van der Waals surface area (Å²) < 4.78 is 24.9. The Morgan fingerprint density at radius 2 is 2.29 bits per heavy atom. The van der Waals surface area contributed by atoms with Gasteiger partial charge in [0.2, 0.25) is 10.0 Å². The van der Waals surface area contributed by atoms with E-state index in [2.05, 4.69) is 14.9 Å². The van der Waals surface area contributed by atoms with Crippen molar-refractivity contribution in [3.05, 3.63) is 18.3 Å². The molecular formula is C7H12N4O2S. The van der Waals surface area contributed by atoms with Crippen LogP contribution < -0.4 is 10.5 Å². The Labute approximate surface area is 82.6 Å². The number of hydrogen-bond acceptors (Lipinski definition) is 5. The summed E-state index contributed by atoms with van der Waals surface area (Å²) in [7, 11) is -3.33. The quantitative estimate of drug-likeness (QED) is 0.695. The van der Waals surface area contributed by atoms with Crippen LogP contribution in [0.1, 0.15) is 6.42 Å². The van der Waals surface area contributed by atoms with Crippen LogP contribution in [-0.4, -0.2) is 30.9 Å². The molecule has 14 heavy (non-hydrogen) atoms. The van der Waals surface area contributed by atoms with Gasteiger partial charge in [0.1, 0.15) is 0 Å². The first-order chi connectivity index (χ1) is 6.64. The van der Waals surface area contributed by atoms with Gasteiger partial charge in [0.15, 0.2) is 5.82 Å². The second kappa shape index (κ2) is 4.87. The molecule has 0 bridgehead atoms. The smallest absolute Gasteiger partial charge is 0.233 e. The Hall–Kier alpha value is -1.21. The first-order valence-electron chi connectivity index (χ1n) is 4.12. The van der Waals surface area contributed by atoms with Crippen molar-refractivity contribution in [1.29, 1.82) is 0 Å². The third-order valence-corrected chi connectivity index (χ3v) is 2.80. The number of anilines is 1. The SMILES string of the molecule is NCCCS(=O)(=O)Nc1cccnn1.